The standard InChI is InChI=1S/C12H20F3NOS/c1-6-10(12(13,14)15)7-11(17)16-18(8(2)3)9(4)5/h7-9H,6H2,1-5H3/b10-7+. The molecule has 1 amide bonds. The van der Waals surface area contributed by atoms with Crippen molar-refractivity contribution in [3.63, 3.8) is 0 Å². The van der Waals surface area contributed by atoms with Crippen LogP contribution in [-0.4, -0.2) is 22.6 Å². The molecular formula is C12H20F3NOS. The first-order valence-corrected chi connectivity index (χ1v) is 7.15. The van der Waals surface area contributed by atoms with Gasteiger partial charge in [-0.15, -0.1) is 0 Å². The van der Waals surface area contributed by atoms with Crippen molar-refractivity contribution in [3.8, 4) is 0 Å². The number of amides is 1. The molecule has 0 fully saturated rings. The fraction of sp³-hybridized carbons (Fsp3) is 0.750. The van der Waals surface area contributed by atoms with Gasteiger partial charge in [-0.25, -0.2) is 0 Å². The normalized spacial score (nSPS) is 13.6. The molecule has 0 aliphatic carbocycles. The highest BCUT2D eigenvalue weighted by atomic mass is 32.2. The van der Waals surface area contributed by atoms with Crippen molar-refractivity contribution >= 4 is 16.6 Å². The van der Waals surface area contributed by atoms with Crippen molar-refractivity contribution in [2.45, 2.75) is 57.7 Å². The number of hydrogen-bond donors (Lipinski definition) is 0. The largest absolute Gasteiger partial charge is 0.412 e. The van der Waals surface area contributed by atoms with Crippen LogP contribution in [0.15, 0.2) is 16.0 Å². The number of halogens is 3. The van der Waals surface area contributed by atoms with Gasteiger partial charge in [-0.05, 0) is 6.42 Å². The van der Waals surface area contributed by atoms with E-state index in [4.69, 9.17) is 0 Å². The molecule has 0 rings (SSSR count). The molecule has 0 N–H and O–H groups in total. The zero-order chi connectivity index (χ0) is 14.5. The van der Waals surface area contributed by atoms with Gasteiger partial charge in [0.2, 0.25) is 0 Å². The highest BCUT2D eigenvalue weighted by Crippen LogP contribution is 2.27. The monoisotopic (exact) mass is 283 g/mol. The minimum absolute atomic E-state index is 0.151. The topological polar surface area (TPSA) is 29.4 Å². The minimum atomic E-state index is -4.45. The Balaban J connectivity index is 5.18. The summed E-state index contributed by atoms with van der Waals surface area (Å²) in [6.45, 7) is 9.02. The van der Waals surface area contributed by atoms with Gasteiger partial charge >= 0.3 is 6.18 Å². The summed E-state index contributed by atoms with van der Waals surface area (Å²) in [5.74, 6) is -0.782. The molecule has 6 heteroatoms. The Morgan fingerprint density at radius 1 is 1.22 bits per heavy atom. The van der Waals surface area contributed by atoms with Crippen molar-refractivity contribution in [2.24, 2.45) is 4.36 Å². The third kappa shape index (κ3) is 5.80. The van der Waals surface area contributed by atoms with E-state index in [1.54, 1.807) is 0 Å². The van der Waals surface area contributed by atoms with Gasteiger partial charge in [-0.3, -0.25) is 4.79 Å². The molecule has 0 atom stereocenters. The number of carbonyl (C=O) groups excluding carboxylic acids is 1. The van der Waals surface area contributed by atoms with E-state index in [-0.39, 0.29) is 16.9 Å². The maximum Gasteiger partial charge on any atom is 0.412 e. The van der Waals surface area contributed by atoms with E-state index >= 15 is 0 Å². The molecule has 0 spiro atoms. The average molecular weight is 283 g/mol. The van der Waals surface area contributed by atoms with E-state index in [0.717, 1.165) is 0 Å². The SMILES string of the molecule is CC/C(=C\C(=O)N=S(C(C)C)C(C)C)C(F)(F)F. The van der Waals surface area contributed by atoms with E-state index < -0.39 is 28.3 Å². The molecule has 2 nitrogen and oxygen atoms in total. The second-order valence-corrected chi connectivity index (χ2v) is 7.16. The Bertz CT molecular complexity index is 337. The van der Waals surface area contributed by atoms with Gasteiger partial charge < -0.3 is 0 Å². The van der Waals surface area contributed by atoms with Crippen LogP contribution in [0.1, 0.15) is 41.0 Å². The zero-order valence-electron chi connectivity index (χ0n) is 11.3. The number of rotatable bonds is 4. The molecule has 0 aromatic heterocycles. The van der Waals surface area contributed by atoms with Crippen LogP contribution >= 0.6 is 0 Å². The summed E-state index contributed by atoms with van der Waals surface area (Å²) < 4.78 is 41.3. The average Bonchev–Trinajstić information content (AvgIpc) is 2.19. The lowest BCUT2D eigenvalue weighted by atomic mass is 10.2. The maximum atomic E-state index is 12.5. The van der Waals surface area contributed by atoms with Gasteiger partial charge in [0, 0.05) is 22.1 Å². The molecule has 0 aromatic carbocycles. The third-order valence-electron chi connectivity index (χ3n) is 2.20. The summed E-state index contributed by atoms with van der Waals surface area (Å²) in [6, 6.07) is 0. The Morgan fingerprint density at radius 3 is 1.94 bits per heavy atom. The van der Waals surface area contributed by atoms with Gasteiger partial charge in [-0.2, -0.15) is 17.5 Å². The molecule has 18 heavy (non-hydrogen) atoms. The van der Waals surface area contributed by atoms with Gasteiger partial charge in [0.1, 0.15) is 0 Å². The summed E-state index contributed by atoms with van der Waals surface area (Å²) in [6.07, 6.45) is -4.05. The number of nitrogens with zero attached hydrogens (tertiary/aromatic N) is 1. The number of alkyl halides is 3. The van der Waals surface area contributed by atoms with Crippen LogP contribution in [0.3, 0.4) is 0 Å². The van der Waals surface area contributed by atoms with Crippen molar-refractivity contribution in [2.75, 3.05) is 0 Å². The van der Waals surface area contributed by atoms with Crippen LogP contribution in [0.2, 0.25) is 0 Å². The fourth-order valence-corrected chi connectivity index (χ4v) is 3.19. The van der Waals surface area contributed by atoms with Gasteiger partial charge in [0.25, 0.3) is 5.91 Å². The first kappa shape index (κ1) is 17.4. The van der Waals surface area contributed by atoms with Crippen LogP contribution in [0.25, 0.3) is 0 Å². The Hall–Kier alpha value is -0.650. The highest BCUT2D eigenvalue weighted by Gasteiger charge is 2.32. The van der Waals surface area contributed by atoms with Crippen LogP contribution in [0.5, 0.6) is 0 Å². The van der Waals surface area contributed by atoms with E-state index in [1.807, 2.05) is 27.7 Å². The molecule has 0 aliphatic rings. The smallest absolute Gasteiger partial charge is 0.267 e. The summed E-state index contributed by atoms with van der Waals surface area (Å²) >= 11 is 0. The fourth-order valence-electron chi connectivity index (χ4n) is 1.42. The highest BCUT2D eigenvalue weighted by molar-refractivity contribution is 7.88. The molecule has 0 aromatic rings. The summed E-state index contributed by atoms with van der Waals surface area (Å²) in [5.41, 5.74) is -0.827. The summed E-state index contributed by atoms with van der Waals surface area (Å²) in [5, 5.41) is 0.302. The number of hydrogen-bond acceptors (Lipinski definition) is 1. The molecule has 106 valence electrons. The lowest BCUT2D eigenvalue weighted by Crippen LogP contribution is -2.18. The van der Waals surface area contributed by atoms with E-state index in [1.165, 1.54) is 6.92 Å². The molecular weight excluding hydrogens is 263 g/mol. The van der Waals surface area contributed by atoms with Crippen LogP contribution in [-0.2, 0) is 15.5 Å². The Kier molecular flexibility index (Phi) is 6.81. The molecule has 0 saturated carbocycles. The Morgan fingerprint density at radius 2 is 1.67 bits per heavy atom. The lowest BCUT2D eigenvalue weighted by molar-refractivity contribution is -0.115. The van der Waals surface area contributed by atoms with Crippen LogP contribution < -0.4 is 0 Å². The van der Waals surface area contributed by atoms with Crippen molar-refractivity contribution < 1.29 is 18.0 Å². The predicted octanol–water partition coefficient (Wildman–Crippen LogP) is 4.03. The van der Waals surface area contributed by atoms with Crippen molar-refractivity contribution in [1.82, 2.24) is 0 Å². The second-order valence-electron chi connectivity index (χ2n) is 4.39. The minimum Gasteiger partial charge on any atom is -0.267 e. The number of allylic oxidation sites excluding steroid dienone is 1. The first-order valence-electron chi connectivity index (χ1n) is 5.85. The quantitative estimate of drug-likeness (QED) is 0.716. The summed E-state index contributed by atoms with van der Waals surface area (Å²) in [7, 11) is -0.540. The van der Waals surface area contributed by atoms with Crippen LogP contribution in [0.4, 0.5) is 13.2 Å². The molecule has 0 unspecified atom stereocenters. The third-order valence-corrected chi connectivity index (χ3v) is 4.53. The van der Waals surface area contributed by atoms with E-state index in [9.17, 15) is 18.0 Å². The lowest BCUT2D eigenvalue weighted by Gasteiger charge is -2.15. The molecule has 0 heterocycles. The van der Waals surface area contributed by atoms with Gasteiger partial charge in [0.05, 0.1) is 0 Å². The molecule has 0 radical (unpaired) electrons. The molecule has 0 bridgehead atoms. The molecule has 0 aliphatic heterocycles. The Labute approximate surface area is 109 Å². The zero-order valence-corrected chi connectivity index (χ0v) is 12.2. The van der Waals surface area contributed by atoms with Crippen molar-refractivity contribution in [1.29, 1.82) is 0 Å². The van der Waals surface area contributed by atoms with E-state index in [2.05, 4.69) is 4.36 Å². The maximum absolute atomic E-state index is 12.5. The van der Waals surface area contributed by atoms with Gasteiger partial charge in [-0.1, -0.05) is 45.3 Å². The second kappa shape index (κ2) is 7.07. The van der Waals surface area contributed by atoms with Crippen LogP contribution in [0, 0.1) is 0 Å². The molecule has 0 saturated heterocycles. The summed E-state index contributed by atoms with van der Waals surface area (Å²) in [4.78, 5) is 11.5. The van der Waals surface area contributed by atoms with Gasteiger partial charge in [0.15, 0.2) is 0 Å². The predicted molar refractivity (Wildman–Crippen MR) is 69.5 cm³/mol. The number of carbonyl (C=O) groups is 1. The first-order chi connectivity index (χ1) is 8.09. The van der Waals surface area contributed by atoms with Crippen molar-refractivity contribution in [3.05, 3.63) is 11.6 Å². The van der Waals surface area contributed by atoms with E-state index in [0.29, 0.717) is 6.08 Å².